The molecule has 2 rings (SSSR count). The van der Waals surface area contributed by atoms with Crippen molar-refractivity contribution in [2.24, 2.45) is 0 Å². The summed E-state index contributed by atoms with van der Waals surface area (Å²) >= 11 is 0. The lowest BCUT2D eigenvalue weighted by Gasteiger charge is -2.15. The maximum atomic E-state index is 3.33. The molecule has 14 heavy (non-hydrogen) atoms. The molecule has 0 aromatic heterocycles. The van der Waals surface area contributed by atoms with Crippen molar-refractivity contribution in [3.05, 3.63) is 41.0 Å². The van der Waals surface area contributed by atoms with Crippen LogP contribution in [0.1, 0.15) is 23.1 Å². The van der Waals surface area contributed by atoms with Gasteiger partial charge in [-0.25, -0.2) is 0 Å². The Morgan fingerprint density at radius 2 is 2.00 bits per heavy atom. The van der Waals surface area contributed by atoms with Crippen LogP contribution in [0.2, 0.25) is 0 Å². The van der Waals surface area contributed by atoms with Gasteiger partial charge in [0.25, 0.3) is 0 Å². The van der Waals surface area contributed by atoms with Gasteiger partial charge in [0.05, 0.1) is 0 Å². The first kappa shape index (κ1) is 9.47. The molecule has 0 bridgehead atoms. The van der Waals surface area contributed by atoms with Gasteiger partial charge in [0.1, 0.15) is 0 Å². The first-order valence-corrected chi connectivity index (χ1v) is 5.25. The Morgan fingerprint density at radius 3 is 2.64 bits per heavy atom. The summed E-state index contributed by atoms with van der Waals surface area (Å²) in [6.45, 7) is 6.47. The Hall–Kier alpha value is -1.08. The molecule has 1 aliphatic heterocycles. The second-order valence-electron chi connectivity index (χ2n) is 3.98. The van der Waals surface area contributed by atoms with Crippen LogP contribution in [0.3, 0.4) is 0 Å². The first-order valence-electron chi connectivity index (χ1n) is 5.25. The fourth-order valence-electron chi connectivity index (χ4n) is 1.83. The van der Waals surface area contributed by atoms with Gasteiger partial charge in [-0.3, -0.25) is 0 Å². The smallest absolute Gasteiger partial charge is 0.0140 e. The molecule has 0 unspecified atom stereocenters. The summed E-state index contributed by atoms with van der Waals surface area (Å²) in [5.74, 6) is 0. The zero-order chi connectivity index (χ0) is 9.97. The van der Waals surface area contributed by atoms with Crippen molar-refractivity contribution in [1.29, 1.82) is 0 Å². The Bertz CT molecular complexity index is 363. The van der Waals surface area contributed by atoms with Crippen LogP contribution in [0.25, 0.3) is 5.57 Å². The van der Waals surface area contributed by atoms with Gasteiger partial charge in [0.15, 0.2) is 0 Å². The van der Waals surface area contributed by atoms with E-state index < -0.39 is 0 Å². The highest BCUT2D eigenvalue weighted by Gasteiger charge is 2.05. The summed E-state index contributed by atoms with van der Waals surface area (Å²) in [4.78, 5) is 0. The molecule has 0 spiro atoms. The van der Waals surface area contributed by atoms with Crippen LogP contribution >= 0.6 is 0 Å². The Kier molecular flexibility index (Phi) is 2.69. The average Bonchev–Trinajstić information content (AvgIpc) is 2.23. The summed E-state index contributed by atoms with van der Waals surface area (Å²) in [5, 5.41) is 3.33. The molecule has 0 aliphatic carbocycles. The van der Waals surface area contributed by atoms with Gasteiger partial charge in [-0.1, -0.05) is 24.3 Å². The fourth-order valence-corrected chi connectivity index (χ4v) is 1.83. The molecule has 1 nitrogen and oxygen atoms in total. The Morgan fingerprint density at radius 1 is 1.14 bits per heavy atom. The van der Waals surface area contributed by atoms with Gasteiger partial charge in [0.2, 0.25) is 0 Å². The molecule has 0 radical (unpaired) electrons. The molecule has 0 saturated heterocycles. The van der Waals surface area contributed by atoms with E-state index in [0.717, 1.165) is 19.5 Å². The number of hydrogen-bond acceptors (Lipinski definition) is 1. The minimum absolute atomic E-state index is 1.02. The standard InChI is InChI=1S/C13H17N/c1-10-3-4-13(9-11(10)2)12-5-7-14-8-6-12/h3-5,9,14H,6-8H2,1-2H3. The highest BCUT2D eigenvalue weighted by molar-refractivity contribution is 5.67. The molecular formula is C13H17N. The molecule has 1 aliphatic rings. The van der Waals surface area contributed by atoms with E-state index in [-0.39, 0.29) is 0 Å². The zero-order valence-electron chi connectivity index (χ0n) is 8.93. The van der Waals surface area contributed by atoms with E-state index in [4.69, 9.17) is 0 Å². The minimum atomic E-state index is 1.02. The summed E-state index contributed by atoms with van der Waals surface area (Å²) in [6, 6.07) is 6.75. The lowest BCUT2D eigenvalue weighted by molar-refractivity contribution is 0.738. The van der Waals surface area contributed by atoms with Crippen LogP contribution in [0.15, 0.2) is 24.3 Å². The van der Waals surface area contributed by atoms with E-state index >= 15 is 0 Å². The van der Waals surface area contributed by atoms with Crippen molar-refractivity contribution in [2.45, 2.75) is 20.3 Å². The van der Waals surface area contributed by atoms with Crippen molar-refractivity contribution in [3.8, 4) is 0 Å². The maximum Gasteiger partial charge on any atom is 0.0140 e. The third-order valence-electron chi connectivity index (χ3n) is 2.94. The van der Waals surface area contributed by atoms with Crippen LogP contribution in [0.4, 0.5) is 0 Å². The quantitative estimate of drug-likeness (QED) is 0.712. The third kappa shape index (κ3) is 1.88. The molecule has 0 saturated carbocycles. The SMILES string of the molecule is Cc1ccc(C2=CCNCC2)cc1C. The summed E-state index contributed by atoms with van der Waals surface area (Å²) < 4.78 is 0. The third-order valence-corrected chi connectivity index (χ3v) is 2.94. The molecular weight excluding hydrogens is 170 g/mol. The summed E-state index contributed by atoms with van der Waals surface area (Å²) in [6.07, 6.45) is 3.45. The van der Waals surface area contributed by atoms with E-state index in [0.29, 0.717) is 0 Å². The minimum Gasteiger partial charge on any atom is -0.313 e. The number of hydrogen-bond donors (Lipinski definition) is 1. The molecule has 1 aromatic carbocycles. The van der Waals surface area contributed by atoms with Crippen LogP contribution in [0.5, 0.6) is 0 Å². The number of rotatable bonds is 1. The molecule has 0 amide bonds. The lowest BCUT2D eigenvalue weighted by Crippen LogP contribution is -2.20. The van der Waals surface area contributed by atoms with Gasteiger partial charge in [0, 0.05) is 6.54 Å². The first-order chi connectivity index (χ1) is 6.77. The Balaban J connectivity index is 2.32. The van der Waals surface area contributed by atoms with Crippen molar-refractivity contribution >= 4 is 5.57 Å². The summed E-state index contributed by atoms with van der Waals surface area (Å²) in [5.41, 5.74) is 5.66. The molecule has 1 heteroatoms. The average molecular weight is 187 g/mol. The number of benzene rings is 1. The van der Waals surface area contributed by atoms with Gasteiger partial charge in [-0.05, 0) is 49.1 Å². The molecule has 1 N–H and O–H groups in total. The van der Waals surface area contributed by atoms with Gasteiger partial charge < -0.3 is 5.32 Å². The largest absolute Gasteiger partial charge is 0.313 e. The van der Waals surface area contributed by atoms with E-state index in [9.17, 15) is 0 Å². The van der Waals surface area contributed by atoms with Gasteiger partial charge >= 0.3 is 0 Å². The molecule has 0 atom stereocenters. The predicted molar refractivity (Wildman–Crippen MR) is 61.4 cm³/mol. The van der Waals surface area contributed by atoms with Crippen LogP contribution in [-0.2, 0) is 0 Å². The van der Waals surface area contributed by atoms with Crippen molar-refractivity contribution in [1.82, 2.24) is 5.32 Å². The van der Waals surface area contributed by atoms with Gasteiger partial charge in [-0.2, -0.15) is 0 Å². The molecule has 74 valence electrons. The van der Waals surface area contributed by atoms with Crippen molar-refractivity contribution in [2.75, 3.05) is 13.1 Å². The van der Waals surface area contributed by atoms with Crippen LogP contribution in [0, 0.1) is 13.8 Å². The maximum absolute atomic E-state index is 3.33. The number of aryl methyl sites for hydroxylation is 2. The highest BCUT2D eigenvalue weighted by atomic mass is 14.8. The monoisotopic (exact) mass is 187 g/mol. The van der Waals surface area contributed by atoms with Crippen LogP contribution in [-0.4, -0.2) is 13.1 Å². The number of nitrogens with one attached hydrogen (secondary N) is 1. The highest BCUT2D eigenvalue weighted by Crippen LogP contribution is 2.21. The van der Waals surface area contributed by atoms with Crippen LogP contribution < -0.4 is 5.32 Å². The van der Waals surface area contributed by atoms with E-state index in [1.807, 2.05) is 0 Å². The van der Waals surface area contributed by atoms with Gasteiger partial charge in [-0.15, -0.1) is 0 Å². The van der Waals surface area contributed by atoms with Crippen molar-refractivity contribution < 1.29 is 0 Å². The molecule has 0 fully saturated rings. The van der Waals surface area contributed by atoms with E-state index in [1.54, 1.807) is 0 Å². The predicted octanol–water partition coefficient (Wildman–Crippen LogP) is 2.68. The second-order valence-corrected chi connectivity index (χ2v) is 3.98. The normalized spacial score (nSPS) is 16.6. The topological polar surface area (TPSA) is 12.0 Å². The van der Waals surface area contributed by atoms with Crippen molar-refractivity contribution in [3.63, 3.8) is 0 Å². The fraction of sp³-hybridized carbons (Fsp3) is 0.385. The zero-order valence-corrected chi connectivity index (χ0v) is 8.93. The lowest BCUT2D eigenvalue weighted by atomic mass is 9.97. The Labute approximate surface area is 85.8 Å². The van der Waals surface area contributed by atoms with E-state index in [2.05, 4.69) is 43.4 Å². The summed E-state index contributed by atoms with van der Waals surface area (Å²) in [7, 11) is 0. The molecule has 1 aromatic rings. The molecule has 1 heterocycles. The second kappa shape index (κ2) is 3.97. The van der Waals surface area contributed by atoms with E-state index in [1.165, 1.54) is 22.3 Å².